The van der Waals surface area contributed by atoms with Crippen LogP contribution in [0.5, 0.6) is 0 Å². The number of nitrogens with two attached hydrogens (primary N) is 1. The van der Waals surface area contributed by atoms with Crippen LogP contribution in [0.3, 0.4) is 0 Å². The first-order chi connectivity index (χ1) is 11.1. The molecule has 0 unspecified atom stereocenters. The fourth-order valence-electron chi connectivity index (χ4n) is 1.61. The third-order valence-corrected chi connectivity index (χ3v) is 2.54. The van der Waals surface area contributed by atoms with Gasteiger partial charge in [0.2, 0.25) is 0 Å². The largest absolute Gasteiger partial charge is 0.378 e. The van der Waals surface area contributed by atoms with Crippen molar-refractivity contribution in [2.75, 3.05) is 44.8 Å². The smallest absolute Gasteiger partial charge is 0.373 e. The van der Waals surface area contributed by atoms with Crippen LogP contribution in [0, 0.1) is 17.0 Å². The second kappa shape index (κ2) is 13.4. The molecule has 0 radical (unpaired) electrons. The van der Waals surface area contributed by atoms with Gasteiger partial charge in [-0.3, -0.25) is 10.1 Å². The Kier molecular flexibility index (Phi) is 12.0. The monoisotopic (exact) mass is 327 g/mol. The van der Waals surface area contributed by atoms with Gasteiger partial charge in [0, 0.05) is 19.2 Å². The molecule has 0 fully saturated rings. The highest BCUT2D eigenvalue weighted by molar-refractivity contribution is 5.62. The predicted octanol–water partition coefficient (Wildman–Crippen LogP) is 0.724. The average molecular weight is 327 g/mol. The summed E-state index contributed by atoms with van der Waals surface area (Å²) in [6, 6.07) is 4.97. The Labute approximate surface area is 133 Å². The van der Waals surface area contributed by atoms with Crippen molar-refractivity contribution in [1.29, 1.82) is 0 Å². The van der Waals surface area contributed by atoms with E-state index in [1.165, 1.54) is 6.07 Å². The number of aryl methyl sites for hydroxylation is 1. The predicted molar refractivity (Wildman–Crippen MR) is 82.0 cm³/mol. The van der Waals surface area contributed by atoms with Crippen molar-refractivity contribution in [3.63, 3.8) is 0 Å². The molecule has 0 aliphatic heterocycles. The Morgan fingerprint density at radius 3 is 2.39 bits per heavy atom. The maximum absolute atomic E-state index is 10.9. The van der Waals surface area contributed by atoms with E-state index < -0.39 is 4.92 Å². The molecule has 0 heterocycles. The second-order valence-electron chi connectivity index (χ2n) is 4.30. The molecular weight excluding hydrogens is 306 g/mol. The molecule has 0 saturated carbocycles. The van der Waals surface area contributed by atoms with Gasteiger partial charge in [0.05, 0.1) is 31.4 Å². The minimum absolute atomic E-state index is 0.0712. The molecule has 0 amide bonds. The zero-order valence-electron chi connectivity index (χ0n) is 12.9. The SMILES string of the molecule is Cc1ccc([N+](=O)[O-])c(NCCOCCOCCN)c1.O=C=O. The van der Waals surface area contributed by atoms with Crippen LogP contribution in [0.2, 0.25) is 0 Å². The van der Waals surface area contributed by atoms with Crippen LogP contribution >= 0.6 is 0 Å². The molecule has 0 aromatic heterocycles. The van der Waals surface area contributed by atoms with Crippen LogP contribution in [-0.4, -0.2) is 50.6 Å². The third kappa shape index (κ3) is 10.1. The summed E-state index contributed by atoms with van der Waals surface area (Å²) in [5, 5.41) is 13.9. The van der Waals surface area contributed by atoms with Gasteiger partial charge < -0.3 is 20.5 Å². The summed E-state index contributed by atoms with van der Waals surface area (Å²) in [5.74, 6) is 0. The maximum atomic E-state index is 10.9. The lowest BCUT2D eigenvalue weighted by atomic mass is 10.2. The first kappa shape index (κ1) is 20.7. The Balaban J connectivity index is 0.00000149. The number of nitro benzene ring substituents is 1. The van der Waals surface area contributed by atoms with Gasteiger partial charge in [-0.15, -0.1) is 0 Å². The van der Waals surface area contributed by atoms with Crippen molar-refractivity contribution in [3.8, 4) is 0 Å². The quantitative estimate of drug-likeness (QED) is 0.365. The first-order valence-corrected chi connectivity index (χ1v) is 6.90. The molecular formula is C14H21N3O6. The molecule has 1 rings (SSSR count). The van der Waals surface area contributed by atoms with Crippen molar-refractivity contribution in [1.82, 2.24) is 0 Å². The van der Waals surface area contributed by atoms with Crippen LogP contribution in [0.15, 0.2) is 18.2 Å². The van der Waals surface area contributed by atoms with Crippen molar-refractivity contribution < 1.29 is 24.0 Å². The van der Waals surface area contributed by atoms with Gasteiger partial charge in [-0.05, 0) is 18.6 Å². The summed E-state index contributed by atoms with van der Waals surface area (Å²) in [7, 11) is 0. The van der Waals surface area contributed by atoms with Crippen LogP contribution in [0.25, 0.3) is 0 Å². The summed E-state index contributed by atoms with van der Waals surface area (Å²) in [6.07, 6.45) is 0.250. The van der Waals surface area contributed by atoms with Gasteiger partial charge in [0.25, 0.3) is 5.69 Å². The van der Waals surface area contributed by atoms with Gasteiger partial charge in [-0.25, -0.2) is 0 Å². The van der Waals surface area contributed by atoms with E-state index in [-0.39, 0.29) is 11.8 Å². The molecule has 1 aromatic carbocycles. The van der Waals surface area contributed by atoms with Crippen molar-refractivity contribution >= 4 is 17.5 Å². The van der Waals surface area contributed by atoms with Gasteiger partial charge >= 0.3 is 6.15 Å². The first-order valence-electron chi connectivity index (χ1n) is 6.90. The lowest BCUT2D eigenvalue weighted by Gasteiger charge is -2.09. The number of benzene rings is 1. The van der Waals surface area contributed by atoms with E-state index in [9.17, 15) is 10.1 Å². The van der Waals surface area contributed by atoms with Crippen molar-refractivity contribution in [3.05, 3.63) is 33.9 Å². The zero-order chi connectivity index (χ0) is 17.5. The third-order valence-electron chi connectivity index (χ3n) is 2.54. The number of hydrogen-bond donors (Lipinski definition) is 2. The minimum atomic E-state index is -0.400. The number of ether oxygens (including phenoxy) is 2. The summed E-state index contributed by atoms with van der Waals surface area (Å²) < 4.78 is 10.5. The number of carbonyl (C=O) groups excluding carboxylic acids is 2. The molecule has 0 aliphatic carbocycles. The number of nitrogens with zero attached hydrogens (tertiary/aromatic N) is 1. The summed E-state index contributed by atoms with van der Waals surface area (Å²) >= 11 is 0. The Morgan fingerprint density at radius 2 is 1.83 bits per heavy atom. The van der Waals surface area contributed by atoms with E-state index in [2.05, 4.69) is 5.32 Å². The second-order valence-corrected chi connectivity index (χ2v) is 4.30. The van der Waals surface area contributed by atoms with E-state index in [1.807, 2.05) is 6.92 Å². The summed E-state index contributed by atoms with van der Waals surface area (Å²) in [5.41, 5.74) is 6.83. The molecule has 0 atom stereocenters. The highest BCUT2D eigenvalue weighted by Crippen LogP contribution is 2.24. The number of nitrogens with one attached hydrogen (secondary N) is 1. The van der Waals surface area contributed by atoms with Crippen LogP contribution in [0.4, 0.5) is 11.4 Å². The van der Waals surface area contributed by atoms with Gasteiger partial charge in [-0.1, -0.05) is 6.07 Å². The van der Waals surface area contributed by atoms with Crippen LogP contribution in [0.1, 0.15) is 5.56 Å². The number of hydrogen-bond acceptors (Lipinski definition) is 8. The fraction of sp³-hybridized carbons (Fsp3) is 0.500. The van der Waals surface area contributed by atoms with E-state index in [4.69, 9.17) is 24.8 Å². The van der Waals surface area contributed by atoms with E-state index in [0.717, 1.165) is 5.56 Å². The average Bonchev–Trinajstić information content (AvgIpc) is 2.50. The molecule has 9 nitrogen and oxygen atoms in total. The van der Waals surface area contributed by atoms with Gasteiger partial charge in [0.15, 0.2) is 0 Å². The summed E-state index contributed by atoms with van der Waals surface area (Å²) in [6.45, 7) is 4.85. The Hall–Kier alpha value is -2.32. The summed E-state index contributed by atoms with van der Waals surface area (Å²) in [4.78, 5) is 26.7. The van der Waals surface area contributed by atoms with E-state index in [1.54, 1.807) is 12.1 Å². The molecule has 1 aromatic rings. The van der Waals surface area contributed by atoms with Crippen molar-refractivity contribution in [2.45, 2.75) is 6.92 Å². The molecule has 23 heavy (non-hydrogen) atoms. The minimum Gasteiger partial charge on any atom is -0.378 e. The Bertz CT molecular complexity index is 503. The molecule has 128 valence electrons. The van der Waals surface area contributed by atoms with E-state index in [0.29, 0.717) is 45.2 Å². The van der Waals surface area contributed by atoms with Gasteiger partial charge in [-0.2, -0.15) is 9.59 Å². The molecule has 0 spiro atoms. The van der Waals surface area contributed by atoms with Crippen LogP contribution in [-0.2, 0) is 19.1 Å². The molecule has 0 saturated heterocycles. The fourth-order valence-corrected chi connectivity index (χ4v) is 1.61. The molecule has 0 bridgehead atoms. The van der Waals surface area contributed by atoms with E-state index >= 15 is 0 Å². The molecule has 9 heteroatoms. The van der Waals surface area contributed by atoms with Crippen LogP contribution < -0.4 is 11.1 Å². The topological polar surface area (TPSA) is 134 Å². The molecule has 0 aliphatic rings. The number of rotatable bonds is 10. The lowest BCUT2D eigenvalue weighted by molar-refractivity contribution is -0.384. The maximum Gasteiger partial charge on any atom is 0.373 e. The highest BCUT2D eigenvalue weighted by atomic mass is 16.6. The standard InChI is InChI=1S/C13H21N3O4.CO2/c1-11-2-3-13(16(17)18)12(10-11)15-5-7-20-9-8-19-6-4-14;2-1-3/h2-3,10,15H,4-9,14H2,1H3;. The van der Waals surface area contributed by atoms with Gasteiger partial charge in [0.1, 0.15) is 5.69 Å². The zero-order valence-corrected chi connectivity index (χ0v) is 12.9. The number of nitro groups is 1. The van der Waals surface area contributed by atoms with Crippen molar-refractivity contribution in [2.24, 2.45) is 5.73 Å². The molecule has 3 N–H and O–H groups in total. The highest BCUT2D eigenvalue weighted by Gasteiger charge is 2.12. The number of anilines is 1. The normalized spacial score (nSPS) is 9.48. The lowest BCUT2D eigenvalue weighted by Crippen LogP contribution is -2.15. The Morgan fingerprint density at radius 1 is 1.22 bits per heavy atom.